The van der Waals surface area contributed by atoms with Gasteiger partial charge in [-0.3, -0.25) is 0 Å². The van der Waals surface area contributed by atoms with E-state index >= 15 is 0 Å². The van der Waals surface area contributed by atoms with Gasteiger partial charge in [0.05, 0.1) is 49.3 Å². The van der Waals surface area contributed by atoms with Gasteiger partial charge in [-0.05, 0) is 190 Å². The van der Waals surface area contributed by atoms with Gasteiger partial charge in [-0.25, -0.2) is 0 Å². The van der Waals surface area contributed by atoms with E-state index < -0.39 is 10.8 Å². The molecule has 3 aliphatic rings. The Morgan fingerprint density at radius 3 is 0.708 bits per heavy atom. The number of rotatable bonds is 10. The Bertz CT molecular complexity index is 7450. The van der Waals surface area contributed by atoms with E-state index in [-0.39, 0.29) is 5.41 Å². The molecular weight excluding hydrogens is 1450 g/mol. The Hall–Kier alpha value is -15.4. The van der Waals surface area contributed by atoms with E-state index in [1.807, 2.05) is 0 Å². The highest BCUT2D eigenvalue weighted by Crippen LogP contribution is 2.60. The van der Waals surface area contributed by atoms with Crippen LogP contribution in [0.4, 0.5) is 0 Å². The van der Waals surface area contributed by atoms with Gasteiger partial charge in [0.1, 0.15) is 0 Å². The van der Waals surface area contributed by atoms with Gasteiger partial charge < -0.3 is 13.7 Å². The lowest BCUT2D eigenvalue weighted by molar-refractivity contribution is 0.767. The van der Waals surface area contributed by atoms with E-state index in [1.165, 1.54) is 188 Å². The average Bonchev–Trinajstić information content (AvgIpc) is 1.54. The molecule has 0 aliphatic heterocycles. The number of hydrogen-bond donors (Lipinski definition) is 0. The van der Waals surface area contributed by atoms with Crippen LogP contribution in [0, 0.1) is 0 Å². The first-order valence-electron chi connectivity index (χ1n) is 41.7. The van der Waals surface area contributed by atoms with Crippen molar-refractivity contribution in [2.75, 3.05) is 0 Å². The maximum Gasteiger partial charge on any atom is 0.0714 e. The van der Waals surface area contributed by atoms with Crippen LogP contribution in [0.1, 0.15) is 66.8 Å². The van der Waals surface area contributed by atoms with Crippen LogP contribution in [-0.2, 0) is 16.2 Å². The number of nitrogens with zero attached hydrogens (tertiary/aromatic N) is 3. The van der Waals surface area contributed by atoms with E-state index in [0.717, 1.165) is 5.69 Å². The van der Waals surface area contributed by atoms with Crippen LogP contribution >= 0.6 is 0 Å². The molecule has 0 saturated carbocycles. The maximum absolute atomic E-state index is 2.42. The molecule has 120 heavy (non-hydrogen) atoms. The van der Waals surface area contributed by atoms with E-state index in [1.54, 1.807) is 0 Å². The molecule has 3 aromatic heterocycles. The minimum Gasteiger partial charge on any atom is -0.309 e. The first-order chi connectivity index (χ1) is 59.6. The predicted molar refractivity (Wildman–Crippen MR) is 500 cm³/mol. The van der Waals surface area contributed by atoms with Crippen molar-refractivity contribution in [2.24, 2.45) is 0 Å². The summed E-state index contributed by atoms with van der Waals surface area (Å²) in [5.74, 6) is 0. The Balaban J connectivity index is 0.000000105. The van der Waals surface area contributed by atoms with Crippen molar-refractivity contribution >= 4 is 65.4 Å². The highest BCUT2D eigenvalue weighted by Gasteiger charge is 2.49. The molecule has 0 fully saturated rings. The van der Waals surface area contributed by atoms with Gasteiger partial charge in [0.25, 0.3) is 0 Å². The second-order valence-electron chi connectivity index (χ2n) is 32.0. The Kier molecular flexibility index (Phi) is 16.6. The largest absolute Gasteiger partial charge is 0.309 e. The standard InChI is InChI=1S/C43H29N.2C37H25N/c1-3-13-30(14-4-1)31-23-28-42-38(29-31)37-19-9-12-22-41(37)44(42)34-26-24-33(25-27-34)43(32-15-5-2-6-16-32)39-20-10-7-17-35(39)36-18-8-11-21-40(36)43;1-2-13-26(14-3-1)37(33-21-8-4-17-29(33)30-18-5-9-22-34(30)37)27-15-12-16-28(25-27)38-35-23-10-6-19-31(35)32-20-7-11-24-36(32)38;1-2-12-26(13-3-1)37(33-18-8-4-14-29(33)30-15-5-9-19-34(30)37)27-22-24-28(25-23-27)38-35-20-10-6-16-31(35)32-17-7-11-21-36(32)38/h1-29H;2*1-25H. The van der Waals surface area contributed by atoms with Crippen molar-refractivity contribution in [2.45, 2.75) is 16.2 Å². The van der Waals surface area contributed by atoms with Crippen LogP contribution in [0.5, 0.6) is 0 Å². The Labute approximate surface area is 698 Å². The fourth-order valence-electron chi connectivity index (χ4n) is 21.2. The zero-order valence-corrected chi connectivity index (χ0v) is 66.0. The van der Waals surface area contributed by atoms with Crippen LogP contribution in [0.25, 0.3) is 127 Å². The summed E-state index contributed by atoms with van der Waals surface area (Å²) in [6.07, 6.45) is 0. The zero-order valence-electron chi connectivity index (χ0n) is 66.0. The summed E-state index contributed by atoms with van der Waals surface area (Å²) in [6, 6.07) is 175. The van der Waals surface area contributed by atoms with Crippen LogP contribution in [0.3, 0.4) is 0 Å². The predicted octanol–water partition coefficient (Wildman–Crippen LogP) is 29.1. The lowest BCUT2D eigenvalue weighted by Crippen LogP contribution is -2.28. The van der Waals surface area contributed by atoms with Gasteiger partial charge in [-0.1, -0.05) is 400 Å². The number of fused-ring (bicyclic) bond motifs is 18. The van der Waals surface area contributed by atoms with Crippen molar-refractivity contribution in [3.05, 3.63) is 546 Å². The van der Waals surface area contributed by atoms with Gasteiger partial charge in [0.2, 0.25) is 0 Å². The molecule has 22 aromatic rings. The Morgan fingerprint density at radius 1 is 0.133 bits per heavy atom. The minimum absolute atomic E-state index is 0.367. The summed E-state index contributed by atoms with van der Waals surface area (Å²) in [7, 11) is 0. The second kappa shape index (κ2) is 28.5. The van der Waals surface area contributed by atoms with Crippen molar-refractivity contribution < 1.29 is 0 Å². The summed E-state index contributed by atoms with van der Waals surface area (Å²) in [5.41, 5.74) is 35.8. The molecule has 3 heteroatoms. The van der Waals surface area contributed by atoms with E-state index in [9.17, 15) is 0 Å². The monoisotopic (exact) mass is 1530 g/mol. The van der Waals surface area contributed by atoms with E-state index in [2.05, 4.69) is 493 Å². The number of hydrogen-bond acceptors (Lipinski definition) is 0. The molecule has 3 aliphatic carbocycles. The van der Waals surface area contributed by atoms with Gasteiger partial charge >= 0.3 is 0 Å². The number of benzene rings is 19. The highest BCUT2D eigenvalue weighted by atomic mass is 15.0. The summed E-state index contributed by atoms with van der Waals surface area (Å²) in [6.45, 7) is 0. The average molecular weight is 1530 g/mol. The quantitative estimate of drug-likeness (QED) is 0.130. The van der Waals surface area contributed by atoms with E-state index in [4.69, 9.17) is 0 Å². The molecule has 3 heterocycles. The first kappa shape index (κ1) is 70.0. The van der Waals surface area contributed by atoms with E-state index in [0.29, 0.717) is 0 Å². The number of aromatic nitrogens is 3. The van der Waals surface area contributed by atoms with Gasteiger partial charge in [0.15, 0.2) is 0 Å². The third kappa shape index (κ3) is 10.6. The lowest BCUT2D eigenvalue weighted by Gasteiger charge is -2.34. The van der Waals surface area contributed by atoms with Crippen molar-refractivity contribution in [1.29, 1.82) is 0 Å². The fraction of sp³-hybridized carbons (Fsp3) is 0.0256. The summed E-state index contributed by atoms with van der Waals surface area (Å²) >= 11 is 0. The molecule has 0 spiro atoms. The maximum atomic E-state index is 2.42. The van der Waals surface area contributed by atoms with Crippen molar-refractivity contribution in [1.82, 2.24) is 13.7 Å². The third-order valence-corrected chi connectivity index (χ3v) is 26.1. The summed E-state index contributed by atoms with van der Waals surface area (Å²) in [4.78, 5) is 0. The van der Waals surface area contributed by atoms with Crippen molar-refractivity contribution in [3.8, 4) is 61.6 Å². The molecule has 0 bridgehead atoms. The zero-order chi connectivity index (χ0) is 79.3. The van der Waals surface area contributed by atoms with Crippen molar-refractivity contribution in [3.63, 3.8) is 0 Å². The third-order valence-electron chi connectivity index (χ3n) is 26.1. The molecule has 0 N–H and O–H groups in total. The van der Waals surface area contributed by atoms with Crippen LogP contribution in [0.15, 0.2) is 479 Å². The molecule has 0 amide bonds. The van der Waals surface area contributed by atoms with Gasteiger partial charge in [-0.2, -0.15) is 0 Å². The van der Waals surface area contributed by atoms with Crippen LogP contribution in [-0.4, -0.2) is 13.7 Å². The number of para-hydroxylation sites is 5. The van der Waals surface area contributed by atoms with Crippen LogP contribution in [0.2, 0.25) is 0 Å². The molecule has 3 nitrogen and oxygen atoms in total. The highest BCUT2D eigenvalue weighted by molar-refractivity contribution is 6.12. The minimum atomic E-state index is -0.400. The first-order valence-corrected chi connectivity index (χ1v) is 41.7. The molecule has 25 rings (SSSR count). The molecule has 19 aromatic carbocycles. The summed E-state index contributed by atoms with van der Waals surface area (Å²) < 4.78 is 7.22. The molecule has 0 atom stereocenters. The molecule has 0 saturated heterocycles. The molecule has 0 unspecified atom stereocenters. The van der Waals surface area contributed by atoms with Gasteiger partial charge in [-0.15, -0.1) is 0 Å². The topological polar surface area (TPSA) is 14.8 Å². The molecular formula is C117H79N3. The molecule has 562 valence electrons. The molecule has 0 radical (unpaired) electrons. The normalized spacial score (nSPS) is 13.4. The lowest BCUT2D eigenvalue weighted by atomic mass is 9.67. The Morgan fingerprint density at radius 2 is 0.375 bits per heavy atom. The second-order valence-corrected chi connectivity index (χ2v) is 32.0. The SMILES string of the molecule is c1ccc(-c2ccc3c(c2)c2ccccc2n3-c2ccc(C3(c4ccccc4)c4ccccc4-c4ccccc43)cc2)cc1.c1ccc(C2(c3ccc(-n4c5ccccc5c5ccccc54)cc3)c3ccccc3-c3ccccc32)cc1.c1ccc(C2(c3cccc(-n4c5ccccc5c5ccccc54)c3)c3ccccc3-c3ccccc32)cc1. The van der Waals surface area contributed by atoms with Gasteiger partial charge in [0, 0.05) is 49.4 Å². The van der Waals surface area contributed by atoms with Crippen LogP contribution < -0.4 is 0 Å². The summed E-state index contributed by atoms with van der Waals surface area (Å²) in [5, 5.41) is 7.66. The fourth-order valence-corrected chi connectivity index (χ4v) is 21.2. The smallest absolute Gasteiger partial charge is 0.0714 e.